The third-order valence-corrected chi connectivity index (χ3v) is 5.97. The van der Waals surface area contributed by atoms with Crippen molar-refractivity contribution in [3.05, 3.63) is 15.9 Å². The van der Waals surface area contributed by atoms with Gasteiger partial charge in [-0.25, -0.2) is 8.42 Å². The highest BCUT2D eigenvalue weighted by Crippen LogP contribution is 2.27. The first kappa shape index (κ1) is 15.1. The molecule has 1 heterocycles. The van der Waals surface area contributed by atoms with Crippen LogP contribution in [0.25, 0.3) is 0 Å². The minimum absolute atomic E-state index is 0.0572. The van der Waals surface area contributed by atoms with Gasteiger partial charge in [0.05, 0.1) is 6.42 Å². The van der Waals surface area contributed by atoms with Crippen LogP contribution in [0.3, 0.4) is 0 Å². The number of hydrogen-bond acceptors (Lipinski definition) is 5. The molecule has 0 aromatic carbocycles. The molecule has 100 valence electrons. The highest BCUT2D eigenvalue weighted by Gasteiger charge is 2.28. The maximum absolute atomic E-state index is 11.9. The Labute approximate surface area is 115 Å². The number of aliphatic carboxylic acids is 1. The Kier molecular flexibility index (Phi) is 4.85. The zero-order chi connectivity index (χ0) is 13.9. The fourth-order valence-electron chi connectivity index (χ4n) is 1.09. The molecule has 0 aliphatic rings. The van der Waals surface area contributed by atoms with Gasteiger partial charge in [0, 0.05) is 4.47 Å². The van der Waals surface area contributed by atoms with Gasteiger partial charge in [0.1, 0.15) is 10.3 Å². The van der Waals surface area contributed by atoms with Crippen molar-refractivity contribution in [1.29, 1.82) is 0 Å². The van der Waals surface area contributed by atoms with Crippen molar-refractivity contribution in [3.63, 3.8) is 0 Å². The van der Waals surface area contributed by atoms with Crippen LogP contribution in [0.5, 0.6) is 0 Å². The number of halogens is 1. The predicted octanol–water partition coefficient (Wildman–Crippen LogP) is 0.117. The van der Waals surface area contributed by atoms with Crippen molar-refractivity contribution in [2.75, 3.05) is 0 Å². The molecule has 0 aliphatic heterocycles. The number of primary amides is 1. The summed E-state index contributed by atoms with van der Waals surface area (Å²) >= 11 is 3.95. The van der Waals surface area contributed by atoms with Crippen molar-refractivity contribution < 1.29 is 23.1 Å². The summed E-state index contributed by atoms with van der Waals surface area (Å²) < 4.78 is 25.9. The number of sulfonamides is 1. The molecule has 18 heavy (non-hydrogen) atoms. The number of thiophene rings is 1. The van der Waals surface area contributed by atoms with Crippen LogP contribution in [0.4, 0.5) is 0 Å². The molecule has 0 saturated heterocycles. The van der Waals surface area contributed by atoms with E-state index in [-0.39, 0.29) is 4.21 Å². The Bertz CT molecular complexity index is 568. The smallest absolute Gasteiger partial charge is 0.322 e. The monoisotopic (exact) mass is 356 g/mol. The summed E-state index contributed by atoms with van der Waals surface area (Å²) in [7, 11) is -4.00. The molecule has 10 heteroatoms. The number of carboxylic acid groups (broad SMARTS) is 1. The second kappa shape index (κ2) is 5.78. The van der Waals surface area contributed by atoms with Crippen LogP contribution in [0.1, 0.15) is 6.42 Å². The molecule has 0 radical (unpaired) electrons. The van der Waals surface area contributed by atoms with Crippen LogP contribution in [0.2, 0.25) is 0 Å². The lowest BCUT2D eigenvalue weighted by Crippen LogP contribution is -2.43. The van der Waals surface area contributed by atoms with E-state index < -0.39 is 34.4 Å². The van der Waals surface area contributed by atoms with Gasteiger partial charge in [0.2, 0.25) is 5.91 Å². The van der Waals surface area contributed by atoms with Gasteiger partial charge in [0.15, 0.2) is 0 Å². The summed E-state index contributed by atoms with van der Waals surface area (Å²) in [4.78, 5) is 21.5. The highest BCUT2D eigenvalue weighted by atomic mass is 79.9. The molecule has 1 atom stereocenters. The maximum atomic E-state index is 11.9. The summed E-state index contributed by atoms with van der Waals surface area (Å²) in [6, 6.07) is -0.0650. The number of carbonyl (C=O) groups excluding carboxylic acids is 1. The van der Waals surface area contributed by atoms with E-state index in [0.717, 1.165) is 11.3 Å². The zero-order valence-corrected chi connectivity index (χ0v) is 12.0. The Morgan fingerprint density at radius 3 is 2.56 bits per heavy atom. The minimum Gasteiger partial charge on any atom is -0.480 e. The van der Waals surface area contributed by atoms with Crippen molar-refractivity contribution in [3.8, 4) is 0 Å². The van der Waals surface area contributed by atoms with Crippen LogP contribution in [-0.4, -0.2) is 31.4 Å². The number of nitrogens with one attached hydrogen (secondary N) is 1. The van der Waals surface area contributed by atoms with Crippen LogP contribution >= 0.6 is 27.3 Å². The van der Waals surface area contributed by atoms with Crippen molar-refractivity contribution in [2.45, 2.75) is 16.7 Å². The lowest BCUT2D eigenvalue weighted by Gasteiger charge is -2.12. The average molecular weight is 357 g/mol. The third kappa shape index (κ3) is 3.77. The second-order valence-corrected chi connectivity index (χ2v) is 6.92. The lowest BCUT2D eigenvalue weighted by molar-refractivity contribution is -0.140. The van der Waals surface area contributed by atoms with Gasteiger partial charge < -0.3 is 10.8 Å². The number of amides is 1. The van der Waals surface area contributed by atoms with Crippen molar-refractivity contribution >= 4 is 49.2 Å². The molecule has 0 saturated carbocycles. The molecule has 1 aromatic heterocycles. The van der Waals surface area contributed by atoms with Gasteiger partial charge in [-0.3, -0.25) is 9.59 Å². The standard InChI is InChI=1S/C8H9BrN2O5S2/c9-4-1-2-17-8(4)18(15,16)11-5(7(13)14)3-6(10)12/h1-2,5,11H,3H2,(H2,10,12)(H,13,14). The predicted molar refractivity (Wildman–Crippen MR) is 67.6 cm³/mol. The van der Waals surface area contributed by atoms with Crippen LogP contribution in [0, 0.1) is 0 Å². The average Bonchev–Trinajstić information content (AvgIpc) is 2.62. The first-order valence-electron chi connectivity index (χ1n) is 4.50. The molecule has 1 rings (SSSR count). The molecule has 0 bridgehead atoms. The second-order valence-electron chi connectivity index (χ2n) is 3.24. The molecular formula is C8H9BrN2O5S2. The molecular weight excluding hydrogens is 348 g/mol. The van der Waals surface area contributed by atoms with Gasteiger partial charge in [-0.2, -0.15) is 4.72 Å². The zero-order valence-electron chi connectivity index (χ0n) is 8.79. The number of hydrogen-bond donors (Lipinski definition) is 3. The molecule has 1 unspecified atom stereocenters. The molecule has 1 aromatic rings. The van der Waals surface area contributed by atoms with Gasteiger partial charge in [-0.1, -0.05) is 0 Å². The van der Waals surface area contributed by atoms with E-state index in [4.69, 9.17) is 10.8 Å². The van der Waals surface area contributed by atoms with E-state index in [1.165, 1.54) is 11.4 Å². The van der Waals surface area contributed by atoms with Crippen LogP contribution < -0.4 is 10.5 Å². The maximum Gasteiger partial charge on any atom is 0.322 e. The van der Waals surface area contributed by atoms with E-state index in [0.29, 0.717) is 4.47 Å². The topological polar surface area (TPSA) is 127 Å². The number of carbonyl (C=O) groups is 2. The highest BCUT2D eigenvalue weighted by molar-refractivity contribution is 9.10. The molecule has 4 N–H and O–H groups in total. The number of nitrogens with two attached hydrogens (primary N) is 1. The Morgan fingerprint density at radius 2 is 2.17 bits per heavy atom. The Hall–Kier alpha value is -0.970. The summed E-state index contributed by atoms with van der Waals surface area (Å²) in [6.07, 6.45) is -0.614. The minimum atomic E-state index is -4.00. The van der Waals surface area contributed by atoms with Crippen molar-refractivity contribution in [1.82, 2.24) is 4.72 Å². The Balaban J connectivity index is 2.97. The molecule has 0 fully saturated rings. The fourth-order valence-corrected chi connectivity index (χ4v) is 4.64. The quantitative estimate of drug-likeness (QED) is 0.666. The van der Waals surface area contributed by atoms with E-state index >= 15 is 0 Å². The first-order valence-corrected chi connectivity index (χ1v) is 7.66. The SMILES string of the molecule is NC(=O)CC(NS(=O)(=O)c1sccc1Br)C(=O)O. The van der Waals surface area contributed by atoms with E-state index in [9.17, 15) is 18.0 Å². The summed E-state index contributed by atoms with van der Waals surface area (Å²) in [6.45, 7) is 0. The first-order chi connectivity index (χ1) is 8.24. The Morgan fingerprint density at radius 1 is 1.56 bits per heavy atom. The van der Waals surface area contributed by atoms with Gasteiger partial charge >= 0.3 is 5.97 Å². The summed E-state index contributed by atoms with van der Waals surface area (Å²) in [5.41, 5.74) is 4.85. The van der Waals surface area contributed by atoms with Gasteiger partial charge in [0.25, 0.3) is 10.0 Å². The molecule has 1 amide bonds. The number of carboxylic acids is 1. The van der Waals surface area contributed by atoms with E-state index in [1.54, 1.807) is 0 Å². The summed E-state index contributed by atoms with van der Waals surface area (Å²) in [5, 5.41) is 10.3. The van der Waals surface area contributed by atoms with Gasteiger partial charge in [-0.15, -0.1) is 11.3 Å². The van der Waals surface area contributed by atoms with E-state index in [2.05, 4.69) is 15.9 Å². The van der Waals surface area contributed by atoms with Crippen LogP contribution in [0.15, 0.2) is 20.1 Å². The molecule has 0 aliphatic carbocycles. The molecule has 0 spiro atoms. The molecule has 7 nitrogen and oxygen atoms in total. The van der Waals surface area contributed by atoms with E-state index in [1.807, 2.05) is 4.72 Å². The fraction of sp³-hybridized carbons (Fsp3) is 0.250. The lowest BCUT2D eigenvalue weighted by atomic mass is 10.2. The normalized spacial score (nSPS) is 13.2. The van der Waals surface area contributed by atoms with Crippen molar-refractivity contribution in [2.24, 2.45) is 5.73 Å². The van der Waals surface area contributed by atoms with Crippen LogP contribution in [-0.2, 0) is 19.6 Å². The third-order valence-electron chi connectivity index (χ3n) is 1.83. The summed E-state index contributed by atoms with van der Waals surface area (Å²) in [5.74, 6) is -2.37. The largest absolute Gasteiger partial charge is 0.480 e. The number of rotatable bonds is 6. The van der Waals surface area contributed by atoms with Gasteiger partial charge in [-0.05, 0) is 27.4 Å².